The van der Waals surface area contributed by atoms with Crippen LogP contribution in [0.3, 0.4) is 0 Å². The number of halogens is 1. The molecule has 0 spiro atoms. The van der Waals surface area contributed by atoms with Crippen LogP contribution in [0.25, 0.3) is 10.9 Å². The first-order chi connectivity index (χ1) is 12.5. The van der Waals surface area contributed by atoms with E-state index in [2.05, 4.69) is 29.8 Å². The first-order valence-electron chi connectivity index (χ1n) is 8.56. The minimum absolute atomic E-state index is 0.235. The van der Waals surface area contributed by atoms with Crippen LogP contribution in [0, 0.1) is 0 Å². The first kappa shape index (κ1) is 18.5. The molecule has 0 saturated carbocycles. The monoisotopic (exact) mass is 416 g/mol. The predicted molar refractivity (Wildman–Crippen MR) is 105 cm³/mol. The maximum absolute atomic E-state index is 12.1. The van der Waals surface area contributed by atoms with Crippen LogP contribution in [0.2, 0.25) is 0 Å². The number of benzene rings is 2. The largest absolute Gasteiger partial charge is 0.486 e. The summed E-state index contributed by atoms with van der Waals surface area (Å²) in [6.07, 6.45) is 0. The summed E-state index contributed by atoms with van der Waals surface area (Å²) in [5.74, 6) is 0.108. The van der Waals surface area contributed by atoms with E-state index in [-0.39, 0.29) is 18.6 Å². The third-order valence-corrected chi connectivity index (χ3v) is 4.47. The van der Waals surface area contributed by atoms with Crippen molar-refractivity contribution in [2.75, 3.05) is 6.61 Å². The minimum Gasteiger partial charge on any atom is -0.486 e. The van der Waals surface area contributed by atoms with E-state index in [9.17, 15) is 4.79 Å². The lowest BCUT2D eigenvalue weighted by Crippen LogP contribution is -2.08. The van der Waals surface area contributed by atoms with Gasteiger partial charge in [0.25, 0.3) is 0 Å². The summed E-state index contributed by atoms with van der Waals surface area (Å²) in [5.41, 5.74) is 2.30. The van der Waals surface area contributed by atoms with Crippen LogP contribution in [0.1, 0.15) is 42.9 Å². The van der Waals surface area contributed by atoms with Gasteiger partial charge in [-0.15, -0.1) is 0 Å². The lowest BCUT2D eigenvalue weighted by Gasteiger charge is -2.10. The van der Waals surface area contributed by atoms with Gasteiger partial charge in [0.2, 0.25) is 0 Å². The van der Waals surface area contributed by atoms with E-state index in [1.165, 1.54) is 0 Å². The van der Waals surface area contributed by atoms with Crippen LogP contribution in [-0.4, -0.2) is 22.4 Å². The van der Waals surface area contributed by atoms with Gasteiger partial charge in [-0.3, -0.25) is 4.68 Å². The molecule has 5 nitrogen and oxygen atoms in total. The molecule has 2 aromatic carbocycles. The number of carbonyl (C=O) groups excluding carboxylic acids is 1. The lowest BCUT2D eigenvalue weighted by atomic mass is 10.2. The van der Waals surface area contributed by atoms with E-state index in [0.29, 0.717) is 17.9 Å². The molecule has 3 rings (SSSR count). The van der Waals surface area contributed by atoms with Crippen molar-refractivity contribution in [1.82, 2.24) is 9.78 Å². The van der Waals surface area contributed by atoms with Crippen LogP contribution in [0.5, 0.6) is 5.75 Å². The Bertz CT molecular complexity index is 934. The number of ether oxygens (including phenoxy) is 2. The van der Waals surface area contributed by atoms with Crippen molar-refractivity contribution in [3.05, 3.63) is 58.2 Å². The molecule has 0 saturated heterocycles. The molecule has 0 unspecified atom stereocenters. The summed E-state index contributed by atoms with van der Waals surface area (Å²) in [7, 11) is 0. The highest BCUT2D eigenvalue weighted by molar-refractivity contribution is 9.10. The molecule has 0 radical (unpaired) electrons. The number of nitrogens with zero attached hydrogens (tertiary/aromatic N) is 2. The molecule has 0 aliphatic heterocycles. The molecule has 0 N–H and O–H groups in total. The van der Waals surface area contributed by atoms with Gasteiger partial charge in [0.05, 0.1) is 12.1 Å². The summed E-state index contributed by atoms with van der Waals surface area (Å²) in [4.78, 5) is 12.1. The Labute approximate surface area is 161 Å². The zero-order valence-electron chi connectivity index (χ0n) is 15.0. The maximum atomic E-state index is 12.1. The van der Waals surface area contributed by atoms with E-state index in [1.807, 2.05) is 28.9 Å². The molecular formula is C20H21BrN2O3. The molecule has 0 aliphatic rings. The fraction of sp³-hybridized carbons (Fsp3) is 0.300. The summed E-state index contributed by atoms with van der Waals surface area (Å²) in [6.45, 7) is 6.56. The second-order valence-electron chi connectivity index (χ2n) is 6.15. The van der Waals surface area contributed by atoms with E-state index in [1.54, 1.807) is 25.1 Å². The van der Waals surface area contributed by atoms with Gasteiger partial charge in [0.15, 0.2) is 0 Å². The van der Waals surface area contributed by atoms with Crippen molar-refractivity contribution in [2.45, 2.75) is 33.4 Å². The third kappa shape index (κ3) is 3.75. The number of hydrogen-bond acceptors (Lipinski definition) is 4. The number of aromatic nitrogens is 2. The first-order valence-corrected chi connectivity index (χ1v) is 9.36. The molecular weight excluding hydrogens is 396 g/mol. The highest BCUT2D eigenvalue weighted by Crippen LogP contribution is 2.27. The number of hydrogen-bond donors (Lipinski definition) is 0. The van der Waals surface area contributed by atoms with Gasteiger partial charge < -0.3 is 9.47 Å². The number of rotatable bonds is 6. The fourth-order valence-electron chi connectivity index (χ4n) is 2.79. The number of para-hydroxylation sites is 1. The summed E-state index contributed by atoms with van der Waals surface area (Å²) in [6, 6.07) is 13.4. The molecule has 0 aliphatic carbocycles. The van der Waals surface area contributed by atoms with E-state index >= 15 is 0 Å². The average molecular weight is 417 g/mol. The van der Waals surface area contributed by atoms with Crippen molar-refractivity contribution < 1.29 is 14.3 Å². The SMILES string of the molecule is CCOC(=O)c1ccccc1OCc1nn(C(C)C)c2ccc(Br)cc12. The second-order valence-corrected chi connectivity index (χ2v) is 7.07. The standard InChI is InChI=1S/C20H21BrN2O3/c1-4-25-20(24)15-7-5-6-8-19(15)26-12-17-16-11-14(21)9-10-18(16)23(22-17)13(2)3/h5-11,13H,4,12H2,1-3H3. The van der Waals surface area contributed by atoms with E-state index < -0.39 is 0 Å². The van der Waals surface area contributed by atoms with Crippen LogP contribution < -0.4 is 4.74 Å². The highest BCUT2D eigenvalue weighted by Gasteiger charge is 2.16. The van der Waals surface area contributed by atoms with Crippen LogP contribution in [0.4, 0.5) is 0 Å². The Morgan fingerprint density at radius 3 is 2.73 bits per heavy atom. The van der Waals surface area contributed by atoms with E-state index in [0.717, 1.165) is 21.1 Å². The van der Waals surface area contributed by atoms with Crippen LogP contribution in [0.15, 0.2) is 46.9 Å². The average Bonchev–Trinajstić information content (AvgIpc) is 2.98. The second kappa shape index (κ2) is 7.91. The molecule has 0 amide bonds. The van der Waals surface area contributed by atoms with Crippen LogP contribution >= 0.6 is 15.9 Å². The van der Waals surface area contributed by atoms with Crippen LogP contribution in [-0.2, 0) is 11.3 Å². The molecule has 0 atom stereocenters. The fourth-order valence-corrected chi connectivity index (χ4v) is 3.15. The molecule has 1 heterocycles. The quantitative estimate of drug-likeness (QED) is 0.522. The van der Waals surface area contributed by atoms with Gasteiger partial charge in [-0.25, -0.2) is 4.79 Å². The Morgan fingerprint density at radius 2 is 2.00 bits per heavy atom. The smallest absolute Gasteiger partial charge is 0.341 e. The van der Waals surface area contributed by atoms with Gasteiger partial charge in [-0.05, 0) is 51.1 Å². The number of esters is 1. The van der Waals surface area contributed by atoms with Crippen molar-refractivity contribution in [2.24, 2.45) is 0 Å². The predicted octanol–water partition coefficient (Wildman–Crippen LogP) is 5.14. The molecule has 136 valence electrons. The number of fused-ring (bicyclic) bond motifs is 1. The van der Waals surface area contributed by atoms with Gasteiger partial charge in [0, 0.05) is 15.9 Å². The van der Waals surface area contributed by atoms with Crippen molar-refractivity contribution in [1.29, 1.82) is 0 Å². The number of carbonyl (C=O) groups is 1. The molecule has 0 fully saturated rings. The van der Waals surface area contributed by atoms with Crippen molar-refractivity contribution in [3.8, 4) is 5.75 Å². The molecule has 3 aromatic rings. The van der Waals surface area contributed by atoms with E-state index in [4.69, 9.17) is 14.6 Å². The maximum Gasteiger partial charge on any atom is 0.341 e. The van der Waals surface area contributed by atoms with Crippen molar-refractivity contribution in [3.63, 3.8) is 0 Å². The summed E-state index contributed by atoms with van der Waals surface area (Å²) >= 11 is 3.52. The minimum atomic E-state index is -0.386. The molecule has 0 bridgehead atoms. The third-order valence-electron chi connectivity index (χ3n) is 3.98. The highest BCUT2D eigenvalue weighted by atomic mass is 79.9. The Kier molecular flexibility index (Phi) is 5.61. The molecule has 1 aromatic heterocycles. The van der Waals surface area contributed by atoms with Gasteiger partial charge >= 0.3 is 5.97 Å². The van der Waals surface area contributed by atoms with Gasteiger partial charge in [0.1, 0.15) is 23.6 Å². The summed E-state index contributed by atoms with van der Waals surface area (Å²) < 4.78 is 14.0. The topological polar surface area (TPSA) is 53.4 Å². The Balaban J connectivity index is 1.91. The zero-order valence-corrected chi connectivity index (χ0v) is 16.6. The summed E-state index contributed by atoms with van der Waals surface area (Å²) in [5, 5.41) is 5.74. The zero-order chi connectivity index (χ0) is 18.7. The van der Waals surface area contributed by atoms with Crippen molar-refractivity contribution >= 4 is 32.8 Å². The normalized spacial score (nSPS) is 11.1. The Hall–Kier alpha value is -2.34. The van der Waals surface area contributed by atoms with Gasteiger partial charge in [-0.2, -0.15) is 5.10 Å². The van der Waals surface area contributed by atoms with Gasteiger partial charge in [-0.1, -0.05) is 28.1 Å². The lowest BCUT2D eigenvalue weighted by molar-refractivity contribution is 0.0521. The molecule has 26 heavy (non-hydrogen) atoms. The Morgan fingerprint density at radius 1 is 1.23 bits per heavy atom. The molecule has 6 heteroatoms.